The molecule has 0 spiro atoms. The number of anilines is 1. The fourth-order valence-corrected chi connectivity index (χ4v) is 4.49. The summed E-state index contributed by atoms with van der Waals surface area (Å²) in [5, 5.41) is 0. The normalized spacial score (nSPS) is 20.2. The molecule has 0 amide bonds. The van der Waals surface area contributed by atoms with Crippen LogP contribution in [0.5, 0.6) is 0 Å². The molecule has 1 aliphatic rings. The van der Waals surface area contributed by atoms with E-state index in [1.165, 1.54) is 68.1 Å². The number of benzene rings is 2. The van der Waals surface area contributed by atoms with Crippen molar-refractivity contribution in [3.05, 3.63) is 64.7 Å². The second kappa shape index (κ2) is 9.26. The van der Waals surface area contributed by atoms with Gasteiger partial charge in [0.1, 0.15) is 0 Å². The van der Waals surface area contributed by atoms with Crippen LogP contribution in [0, 0.1) is 12.8 Å². The largest absolute Gasteiger partial charge is 0.399 e. The zero-order valence-electron chi connectivity index (χ0n) is 16.6. The third-order valence-electron chi connectivity index (χ3n) is 6.28. The number of hydrogen-bond donors (Lipinski definition) is 1. The van der Waals surface area contributed by atoms with Crippen LogP contribution in [0.1, 0.15) is 86.5 Å². The number of nitrogen functional groups attached to an aromatic ring is 1. The zero-order valence-corrected chi connectivity index (χ0v) is 16.6. The maximum atomic E-state index is 5.80. The van der Waals surface area contributed by atoms with Gasteiger partial charge in [-0.25, -0.2) is 0 Å². The summed E-state index contributed by atoms with van der Waals surface area (Å²) in [6, 6.07) is 15.5. The van der Waals surface area contributed by atoms with Crippen LogP contribution in [0.2, 0.25) is 0 Å². The summed E-state index contributed by atoms with van der Waals surface area (Å²) < 4.78 is 0. The molecule has 3 rings (SSSR count). The Morgan fingerprint density at radius 1 is 0.923 bits per heavy atom. The SMILES string of the molecule is CCCCCC1CCC(c2ccc(Cc3ccc(N)cc3)c(C)c2)CC1. The summed E-state index contributed by atoms with van der Waals surface area (Å²) in [5.74, 6) is 1.77. The summed E-state index contributed by atoms with van der Waals surface area (Å²) in [6.07, 6.45) is 12.3. The molecule has 26 heavy (non-hydrogen) atoms. The maximum absolute atomic E-state index is 5.80. The summed E-state index contributed by atoms with van der Waals surface area (Å²) in [6.45, 7) is 4.57. The van der Waals surface area contributed by atoms with Gasteiger partial charge in [-0.3, -0.25) is 0 Å². The Kier molecular flexibility index (Phi) is 6.77. The van der Waals surface area contributed by atoms with Crippen molar-refractivity contribution in [2.75, 3.05) is 5.73 Å². The summed E-state index contributed by atoms with van der Waals surface area (Å²) in [5.41, 5.74) is 12.4. The number of aryl methyl sites for hydroxylation is 1. The summed E-state index contributed by atoms with van der Waals surface area (Å²) in [4.78, 5) is 0. The van der Waals surface area contributed by atoms with Gasteiger partial charge in [0.15, 0.2) is 0 Å². The molecule has 0 unspecified atom stereocenters. The van der Waals surface area contributed by atoms with Crippen molar-refractivity contribution in [3.63, 3.8) is 0 Å². The Hall–Kier alpha value is -1.76. The molecular weight excluding hydrogens is 314 g/mol. The van der Waals surface area contributed by atoms with Crippen molar-refractivity contribution in [1.82, 2.24) is 0 Å². The van der Waals surface area contributed by atoms with E-state index in [1.807, 2.05) is 12.1 Å². The monoisotopic (exact) mass is 349 g/mol. The van der Waals surface area contributed by atoms with Crippen LogP contribution >= 0.6 is 0 Å². The zero-order chi connectivity index (χ0) is 18.4. The fraction of sp³-hybridized carbons (Fsp3) is 0.520. The molecule has 0 saturated heterocycles. The van der Waals surface area contributed by atoms with Gasteiger partial charge in [0.05, 0.1) is 0 Å². The third kappa shape index (κ3) is 5.13. The Morgan fingerprint density at radius 2 is 1.65 bits per heavy atom. The second-order valence-corrected chi connectivity index (χ2v) is 8.32. The van der Waals surface area contributed by atoms with Crippen LogP contribution in [0.3, 0.4) is 0 Å². The van der Waals surface area contributed by atoms with Crippen molar-refractivity contribution >= 4 is 5.69 Å². The molecule has 140 valence electrons. The van der Waals surface area contributed by atoms with E-state index in [4.69, 9.17) is 5.73 Å². The minimum Gasteiger partial charge on any atom is -0.399 e. The molecule has 2 aromatic rings. The summed E-state index contributed by atoms with van der Waals surface area (Å²) in [7, 11) is 0. The standard InChI is InChI=1S/C25H35N/c1-3-4-5-6-20-7-11-22(12-8-20)24-14-13-23(19(2)17-24)18-21-9-15-25(26)16-10-21/h9-10,13-17,20,22H,3-8,11-12,18,26H2,1-2H3. The predicted molar refractivity (Wildman–Crippen MR) is 114 cm³/mol. The number of unbranched alkanes of at least 4 members (excludes halogenated alkanes) is 2. The van der Waals surface area contributed by atoms with Gasteiger partial charge in [-0.1, -0.05) is 62.9 Å². The van der Waals surface area contributed by atoms with E-state index in [-0.39, 0.29) is 0 Å². The fourth-order valence-electron chi connectivity index (χ4n) is 4.49. The molecule has 2 N–H and O–H groups in total. The summed E-state index contributed by atoms with van der Waals surface area (Å²) >= 11 is 0. The molecule has 1 nitrogen and oxygen atoms in total. The lowest BCUT2D eigenvalue weighted by Gasteiger charge is -2.29. The molecular formula is C25H35N. The first-order valence-corrected chi connectivity index (χ1v) is 10.6. The molecule has 1 aliphatic carbocycles. The van der Waals surface area contributed by atoms with Gasteiger partial charge >= 0.3 is 0 Å². The van der Waals surface area contributed by atoms with Gasteiger partial charge in [-0.05, 0) is 85.3 Å². The second-order valence-electron chi connectivity index (χ2n) is 8.32. The van der Waals surface area contributed by atoms with Crippen LogP contribution in [0.25, 0.3) is 0 Å². The molecule has 0 aromatic heterocycles. The first-order valence-electron chi connectivity index (χ1n) is 10.6. The topological polar surface area (TPSA) is 26.0 Å². The van der Waals surface area contributed by atoms with Crippen molar-refractivity contribution in [1.29, 1.82) is 0 Å². The molecule has 1 fully saturated rings. The average molecular weight is 350 g/mol. The Bertz CT molecular complexity index is 678. The van der Waals surface area contributed by atoms with Crippen LogP contribution in [0.4, 0.5) is 5.69 Å². The molecule has 0 bridgehead atoms. The van der Waals surface area contributed by atoms with Crippen LogP contribution in [-0.2, 0) is 6.42 Å². The van der Waals surface area contributed by atoms with E-state index in [0.29, 0.717) is 0 Å². The molecule has 0 heterocycles. The maximum Gasteiger partial charge on any atom is 0.0314 e. The Morgan fingerprint density at radius 3 is 2.31 bits per heavy atom. The molecule has 0 radical (unpaired) electrons. The first kappa shape index (κ1) is 19.0. The van der Waals surface area contributed by atoms with Gasteiger partial charge in [-0.15, -0.1) is 0 Å². The van der Waals surface area contributed by atoms with E-state index in [2.05, 4.69) is 44.2 Å². The number of nitrogens with two attached hydrogens (primary N) is 1. The van der Waals surface area contributed by atoms with Crippen molar-refractivity contribution in [2.24, 2.45) is 5.92 Å². The number of hydrogen-bond acceptors (Lipinski definition) is 1. The highest BCUT2D eigenvalue weighted by molar-refractivity contribution is 5.42. The van der Waals surface area contributed by atoms with Gasteiger partial charge < -0.3 is 5.73 Å². The van der Waals surface area contributed by atoms with E-state index in [9.17, 15) is 0 Å². The van der Waals surface area contributed by atoms with E-state index in [0.717, 1.165) is 23.9 Å². The highest BCUT2D eigenvalue weighted by atomic mass is 14.5. The quantitative estimate of drug-likeness (QED) is 0.422. The predicted octanol–water partition coefficient (Wildman–Crippen LogP) is 7.02. The molecule has 1 saturated carbocycles. The van der Waals surface area contributed by atoms with Gasteiger partial charge in [0.2, 0.25) is 0 Å². The highest BCUT2D eigenvalue weighted by Gasteiger charge is 2.22. The van der Waals surface area contributed by atoms with Crippen molar-refractivity contribution in [3.8, 4) is 0 Å². The van der Waals surface area contributed by atoms with Crippen molar-refractivity contribution in [2.45, 2.75) is 77.6 Å². The minimum atomic E-state index is 0.779. The van der Waals surface area contributed by atoms with E-state index >= 15 is 0 Å². The smallest absolute Gasteiger partial charge is 0.0314 e. The van der Waals surface area contributed by atoms with Gasteiger partial charge in [0, 0.05) is 5.69 Å². The molecule has 0 aliphatic heterocycles. The Labute approximate surface area is 160 Å². The molecule has 0 atom stereocenters. The van der Waals surface area contributed by atoms with Crippen LogP contribution in [-0.4, -0.2) is 0 Å². The molecule has 2 aromatic carbocycles. The van der Waals surface area contributed by atoms with Crippen LogP contribution < -0.4 is 5.73 Å². The minimum absolute atomic E-state index is 0.779. The van der Waals surface area contributed by atoms with Gasteiger partial charge in [0.25, 0.3) is 0 Å². The van der Waals surface area contributed by atoms with Gasteiger partial charge in [-0.2, -0.15) is 0 Å². The lowest BCUT2D eigenvalue weighted by molar-refractivity contribution is 0.302. The molecule has 1 heteroatoms. The van der Waals surface area contributed by atoms with E-state index < -0.39 is 0 Å². The lowest BCUT2D eigenvalue weighted by atomic mass is 9.76. The first-order chi connectivity index (χ1) is 12.7. The van der Waals surface area contributed by atoms with E-state index in [1.54, 1.807) is 5.56 Å². The highest BCUT2D eigenvalue weighted by Crippen LogP contribution is 2.38. The van der Waals surface area contributed by atoms with Crippen molar-refractivity contribution < 1.29 is 0 Å². The Balaban J connectivity index is 1.57. The average Bonchev–Trinajstić information content (AvgIpc) is 2.66. The number of rotatable bonds is 7. The third-order valence-corrected chi connectivity index (χ3v) is 6.28. The van der Waals surface area contributed by atoms with Crippen LogP contribution in [0.15, 0.2) is 42.5 Å². The lowest BCUT2D eigenvalue weighted by Crippen LogP contribution is -2.13.